The Morgan fingerprint density at radius 3 is 1.83 bits per heavy atom. The zero-order valence-electron chi connectivity index (χ0n) is 24.8. The molecule has 0 bridgehead atoms. The fourth-order valence-electron chi connectivity index (χ4n) is 4.21. The maximum absolute atomic E-state index is 13.4. The monoisotopic (exact) mass is 590 g/mol. The van der Waals surface area contributed by atoms with Crippen molar-refractivity contribution < 1.29 is 28.5 Å². The van der Waals surface area contributed by atoms with Crippen LogP contribution in [0.3, 0.4) is 0 Å². The van der Waals surface area contributed by atoms with Gasteiger partial charge in [-0.25, -0.2) is 0 Å². The van der Waals surface area contributed by atoms with Crippen LogP contribution >= 0.6 is 0 Å². The van der Waals surface area contributed by atoms with Crippen molar-refractivity contribution in [1.29, 1.82) is 0 Å². The molecular formula is C32H38N2O7Si. The molecule has 4 rings (SSSR count). The molecule has 4 aromatic rings. The van der Waals surface area contributed by atoms with Crippen molar-refractivity contribution in [2.45, 2.75) is 45.6 Å². The van der Waals surface area contributed by atoms with E-state index >= 15 is 0 Å². The number of hydrogen-bond acceptors (Lipinski definition) is 7. The van der Waals surface area contributed by atoms with Crippen LogP contribution in [0.15, 0.2) is 71.7 Å². The van der Waals surface area contributed by atoms with Crippen LogP contribution < -0.4 is 30.1 Å². The van der Waals surface area contributed by atoms with E-state index in [2.05, 4.69) is 19.6 Å². The van der Waals surface area contributed by atoms with Crippen molar-refractivity contribution in [3.05, 3.63) is 93.8 Å². The summed E-state index contributed by atoms with van der Waals surface area (Å²) in [4.78, 5) is 25.6. The van der Waals surface area contributed by atoms with E-state index in [0.717, 1.165) is 28.7 Å². The highest BCUT2D eigenvalue weighted by Crippen LogP contribution is 2.33. The van der Waals surface area contributed by atoms with Crippen molar-refractivity contribution in [3.63, 3.8) is 0 Å². The van der Waals surface area contributed by atoms with E-state index in [0.29, 0.717) is 23.6 Å². The van der Waals surface area contributed by atoms with Crippen molar-refractivity contribution in [1.82, 2.24) is 4.57 Å². The van der Waals surface area contributed by atoms with Crippen LogP contribution in [0.5, 0.6) is 23.0 Å². The van der Waals surface area contributed by atoms with Gasteiger partial charge in [0.2, 0.25) is 5.43 Å². The normalized spacial score (nSPS) is 11.4. The van der Waals surface area contributed by atoms with E-state index in [9.17, 15) is 9.59 Å². The molecule has 3 aromatic carbocycles. The summed E-state index contributed by atoms with van der Waals surface area (Å²) in [5, 5.41) is 0.279. The van der Waals surface area contributed by atoms with Crippen LogP contribution in [-0.2, 0) is 24.7 Å². The second kappa shape index (κ2) is 13.6. The zero-order valence-corrected chi connectivity index (χ0v) is 25.8. The van der Waals surface area contributed by atoms with Gasteiger partial charge in [0.15, 0.2) is 11.5 Å². The molecule has 0 aliphatic rings. The Balaban J connectivity index is 1.72. The Hall–Kier alpha value is -4.28. The van der Waals surface area contributed by atoms with Crippen molar-refractivity contribution in [2.75, 3.05) is 20.8 Å². The van der Waals surface area contributed by atoms with Gasteiger partial charge in [-0.2, -0.15) is 0 Å². The minimum Gasteiger partial charge on any atom is -0.497 e. The number of fused-ring (bicyclic) bond motifs is 1. The molecule has 10 heteroatoms. The first kappa shape index (κ1) is 30.7. The Bertz CT molecular complexity index is 1580. The van der Waals surface area contributed by atoms with Gasteiger partial charge in [-0.3, -0.25) is 9.59 Å². The molecule has 0 saturated heterocycles. The zero-order chi connectivity index (χ0) is 30.3. The molecule has 0 radical (unpaired) electrons. The van der Waals surface area contributed by atoms with E-state index in [-0.39, 0.29) is 30.9 Å². The molecule has 222 valence electrons. The Morgan fingerprint density at radius 2 is 1.36 bits per heavy atom. The van der Waals surface area contributed by atoms with Gasteiger partial charge in [0.05, 0.1) is 25.1 Å². The highest BCUT2D eigenvalue weighted by Gasteiger charge is 2.19. The summed E-state index contributed by atoms with van der Waals surface area (Å²) in [5.74, 6) is 1.47. The maximum atomic E-state index is 13.4. The smallest absolute Gasteiger partial charge is 0.254 e. The Kier molecular flexibility index (Phi) is 9.92. The van der Waals surface area contributed by atoms with Crippen molar-refractivity contribution in [2.24, 2.45) is 5.73 Å². The highest BCUT2D eigenvalue weighted by molar-refractivity contribution is 6.76. The molecule has 9 nitrogen and oxygen atoms in total. The van der Waals surface area contributed by atoms with Crippen LogP contribution in [-0.4, -0.2) is 39.4 Å². The number of methoxy groups -OCH3 is 2. The fourth-order valence-corrected chi connectivity index (χ4v) is 4.97. The number of rotatable bonds is 14. The van der Waals surface area contributed by atoms with E-state index in [1.54, 1.807) is 30.9 Å². The van der Waals surface area contributed by atoms with Gasteiger partial charge in [-0.15, -0.1) is 0 Å². The molecule has 1 aromatic heterocycles. The molecule has 1 heterocycles. The number of nitrogens with two attached hydrogens (primary N) is 1. The largest absolute Gasteiger partial charge is 0.497 e. The van der Waals surface area contributed by atoms with E-state index in [1.807, 2.05) is 48.5 Å². The predicted octanol–water partition coefficient (Wildman–Crippen LogP) is 5.59. The van der Waals surface area contributed by atoms with E-state index in [1.165, 1.54) is 6.20 Å². The first-order chi connectivity index (χ1) is 20.1. The summed E-state index contributed by atoms with van der Waals surface area (Å²) < 4.78 is 30.6. The highest BCUT2D eigenvalue weighted by atomic mass is 28.3. The summed E-state index contributed by atoms with van der Waals surface area (Å²) in [7, 11) is 1.92. The average molecular weight is 591 g/mol. The summed E-state index contributed by atoms with van der Waals surface area (Å²) in [6, 6.07) is 19.4. The quantitative estimate of drug-likeness (QED) is 0.151. The molecule has 0 spiro atoms. The second-order valence-corrected chi connectivity index (χ2v) is 16.8. The van der Waals surface area contributed by atoms with Crippen LogP contribution in [0.25, 0.3) is 10.9 Å². The van der Waals surface area contributed by atoms with Gasteiger partial charge in [0, 0.05) is 26.9 Å². The number of hydrogen-bond donors (Lipinski definition) is 1. The molecule has 0 saturated carbocycles. The van der Waals surface area contributed by atoms with E-state index in [4.69, 9.17) is 29.4 Å². The lowest BCUT2D eigenvalue weighted by molar-refractivity contribution is 0.0890. The first-order valence-corrected chi connectivity index (χ1v) is 17.4. The van der Waals surface area contributed by atoms with Crippen molar-refractivity contribution >= 4 is 24.9 Å². The standard InChI is InChI=1S/C32H38N2O7Si/c1-37-24-10-6-22(7-11-24)19-40-29-16-26-28(17-30(29)41-20-23-8-12-25(38-2)13-9-23)34(18-27(31(26)35)32(33)36)21-39-14-15-42(3,4)5/h6-13,16-18H,14-15,19-21H2,1-5H3,(H2,33,36). The van der Waals surface area contributed by atoms with Gasteiger partial charge in [0.1, 0.15) is 37.0 Å². The number of carbonyl (C=O) groups is 1. The third kappa shape index (κ3) is 7.92. The first-order valence-electron chi connectivity index (χ1n) is 13.7. The second-order valence-electron chi connectivity index (χ2n) is 11.1. The summed E-state index contributed by atoms with van der Waals surface area (Å²) >= 11 is 0. The number of amides is 1. The molecule has 2 N–H and O–H groups in total. The van der Waals surface area contributed by atoms with E-state index < -0.39 is 19.4 Å². The topological polar surface area (TPSA) is 111 Å². The number of nitrogens with zero attached hydrogens (tertiary/aromatic N) is 1. The molecular weight excluding hydrogens is 552 g/mol. The van der Waals surface area contributed by atoms with Gasteiger partial charge in [-0.05, 0) is 47.5 Å². The summed E-state index contributed by atoms with van der Waals surface area (Å²) in [5.41, 5.74) is 7.35. The number of benzene rings is 3. The average Bonchev–Trinajstić information content (AvgIpc) is 2.98. The molecule has 0 aliphatic heterocycles. The van der Waals surface area contributed by atoms with Crippen LogP contribution in [0, 0.1) is 0 Å². The number of aromatic nitrogens is 1. The lowest BCUT2D eigenvalue weighted by Crippen LogP contribution is -2.25. The molecule has 0 aliphatic carbocycles. The minimum atomic E-state index is -1.30. The maximum Gasteiger partial charge on any atom is 0.254 e. The molecule has 0 atom stereocenters. The summed E-state index contributed by atoms with van der Waals surface area (Å²) in [6.07, 6.45) is 1.45. The molecule has 0 fully saturated rings. The number of pyridine rings is 1. The third-order valence-corrected chi connectivity index (χ3v) is 8.45. The molecule has 1 amide bonds. The SMILES string of the molecule is COc1ccc(COc2cc3c(=O)c(C(N)=O)cn(COCC[Si](C)(C)C)c3cc2OCc2ccc(OC)cc2)cc1. The number of ether oxygens (including phenoxy) is 5. The van der Waals surface area contributed by atoms with Crippen LogP contribution in [0.1, 0.15) is 21.5 Å². The third-order valence-electron chi connectivity index (χ3n) is 6.74. The Morgan fingerprint density at radius 1 is 0.833 bits per heavy atom. The van der Waals surface area contributed by atoms with Crippen LogP contribution in [0.2, 0.25) is 25.7 Å². The molecule has 0 unspecified atom stereocenters. The number of carbonyl (C=O) groups excluding carboxylic acids is 1. The number of primary amides is 1. The van der Waals surface area contributed by atoms with Crippen molar-refractivity contribution in [3.8, 4) is 23.0 Å². The van der Waals surface area contributed by atoms with Gasteiger partial charge >= 0.3 is 0 Å². The van der Waals surface area contributed by atoms with Crippen LogP contribution in [0.4, 0.5) is 0 Å². The Labute approximate surface area is 246 Å². The minimum absolute atomic E-state index is 0.121. The van der Waals surface area contributed by atoms with Gasteiger partial charge < -0.3 is 34.0 Å². The molecule has 42 heavy (non-hydrogen) atoms. The van der Waals surface area contributed by atoms with Gasteiger partial charge in [0.25, 0.3) is 5.91 Å². The van der Waals surface area contributed by atoms with Gasteiger partial charge in [-0.1, -0.05) is 43.9 Å². The summed E-state index contributed by atoms with van der Waals surface area (Å²) in [6.45, 7) is 8.01. The predicted molar refractivity (Wildman–Crippen MR) is 165 cm³/mol. The lowest BCUT2D eigenvalue weighted by atomic mass is 10.1. The lowest BCUT2D eigenvalue weighted by Gasteiger charge is -2.19. The fraction of sp³-hybridized carbons (Fsp3) is 0.312.